The van der Waals surface area contributed by atoms with E-state index in [0.717, 1.165) is 5.69 Å². The SMILES string of the molecule is CC(C)(C)c1ccc(NC2C(=O)Nc3ccc(F)cc32)cc1. The lowest BCUT2D eigenvalue weighted by molar-refractivity contribution is -0.116. The van der Waals surface area contributed by atoms with E-state index in [1.807, 2.05) is 24.3 Å². The molecule has 22 heavy (non-hydrogen) atoms. The van der Waals surface area contributed by atoms with Crippen LogP contribution in [0.3, 0.4) is 0 Å². The second kappa shape index (κ2) is 5.13. The molecule has 0 spiro atoms. The van der Waals surface area contributed by atoms with E-state index in [1.165, 1.54) is 17.7 Å². The van der Waals surface area contributed by atoms with Crippen LogP contribution in [-0.2, 0) is 10.2 Å². The van der Waals surface area contributed by atoms with E-state index in [4.69, 9.17) is 0 Å². The lowest BCUT2D eigenvalue weighted by Gasteiger charge is -2.20. The molecule has 1 unspecified atom stereocenters. The third-order valence-electron chi connectivity index (χ3n) is 3.91. The van der Waals surface area contributed by atoms with Crippen LogP contribution in [0.5, 0.6) is 0 Å². The summed E-state index contributed by atoms with van der Waals surface area (Å²) in [6.07, 6.45) is 0. The molecule has 0 saturated heterocycles. The highest BCUT2D eigenvalue weighted by atomic mass is 19.1. The van der Waals surface area contributed by atoms with Gasteiger partial charge in [-0.15, -0.1) is 0 Å². The summed E-state index contributed by atoms with van der Waals surface area (Å²) in [5.41, 5.74) is 3.45. The first-order valence-electron chi connectivity index (χ1n) is 7.32. The third kappa shape index (κ3) is 2.69. The molecule has 3 rings (SSSR count). The Bertz CT molecular complexity index is 717. The van der Waals surface area contributed by atoms with Gasteiger partial charge in [-0.3, -0.25) is 4.79 Å². The predicted octanol–water partition coefficient (Wildman–Crippen LogP) is 4.23. The number of hydrogen-bond donors (Lipinski definition) is 2. The maximum absolute atomic E-state index is 13.4. The van der Waals surface area contributed by atoms with Gasteiger partial charge in [0.15, 0.2) is 0 Å². The van der Waals surface area contributed by atoms with Gasteiger partial charge in [-0.2, -0.15) is 0 Å². The molecule has 1 atom stereocenters. The zero-order valence-electron chi connectivity index (χ0n) is 12.9. The number of hydrogen-bond acceptors (Lipinski definition) is 2. The topological polar surface area (TPSA) is 41.1 Å². The van der Waals surface area contributed by atoms with Crippen LogP contribution in [-0.4, -0.2) is 5.91 Å². The summed E-state index contributed by atoms with van der Waals surface area (Å²) >= 11 is 0. The van der Waals surface area contributed by atoms with Crippen molar-refractivity contribution in [1.29, 1.82) is 0 Å². The second-order valence-electron chi connectivity index (χ2n) is 6.63. The summed E-state index contributed by atoms with van der Waals surface area (Å²) in [6, 6.07) is 11.8. The van der Waals surface area contributed by atoms with Gasteiger partial charge < -0.3 is 10.6 Å². The average Bonchev–Trinajstić information content (AvgIpc) is 2.75. The molecule has 1 aliphatic rings. The highest BCUT2D eigenvalue weighted by Gasteiger charge is 2.30. The van der Waals surface area contributed by atoms with Gasteiger partial charge in [0.05, 0.1) is 0 Å². The molecule has 1 heterocycles. The minimum Gasteiger partial charge on any atom is -0.370 e. The molecule has 2 aromatic carbocycles. The lowest BCUT2D eigenvalue weighted by atomic mass is 9.87. The Morgan fingerprint density at radius 2 is 1.77 bits per heavy atom. The molecule has 0 bridgehead atoms. The zero-order chi connectivity index (χ0) is 15.9. The van der Waals surface area contributed by atoms with Gasteiger partial charge in [-0.1, -0.05) is 32.9 Å². The van der Waals surface area contributed by atoms with E-state index in [1.54, 1.807) is 6.07 Å². The molecule has 2 aromatic rings. The summed E-state index contributed by atoms with van der Waals surface area (Å²) in [6.45, 7) is 6.45. The molecule has 2 N–H and O–H groups in total. The minimum atomic E-state index is -0.564. The van der Waals surface area contributed by atoms with Gasteiger partial charge in [0.1, 0.15) is 11.9 Å². The van der Waals surface area contributed by atoms with E-state index >= 15 is 0 Å². The first kappa shape index (κ1) is 14.6. The van der Waals surface area contributed by atoms with Crippen LogP contribution in [0.4, 0.5) is 15.8 Å². The molecular weight excluding hydrogens is 279 g/mol. The molecular formula is C18H19FN2O. The smallest absolute Gasteiger partial charge is 0.251 e. The molecule has 0 radical (unpaired) electrons. The van der Waals surface area contributed by atoms with Crippen LogP contribution < -0.4 is 10.6 Å². The summed E-state index contributed by atoms with van der Waals surface area (Å²) < 4.78 is 13.4. The van der Waals surface area contributed by atoms with Gasteiger partial charge in [0.25, 0.3) is 5.91 Å². The summed E-state index contributed by atoms with van der Waals surface area (Å²) in [4.78, 5) is 12.1. The number of carbonyl (C=O) groups excluding carboxylic acids is 1. The molecule has 0 aromatic heterocycles. The van der Waals surface area contributed by atoms with Crippen molar-refractivity contribution in [3.63, 3.8) is 0 Å². The van der Waals surface area contributed by atoms with Crippen molar-refractivity contribution >= 4 is 17.3 Å². The van der Waals surface area contributed by atoms with Crippen molar-refractivity contribution in [2.45, 2.75) is 32.2 Å². The number of fused-ring (bicyclic) bond motifs is 1. The minimum absolute atomic E-state index is 0.0823. The number of nitrogens with one attached hydrogen (secondary N) is 2. The van der Waals surface area contributed by atoms with E-state index in [2.05, 4.69) is 31.4 Å². The lowest BCUT2D eigenvalue weighted by Crippen LogP contribution is -2.20. The van der Waals surface area contributed by atoms with Crippen molar-refractivity contribution in [2.24, 2.45) is 0 Å². The quantitative estimate of drug-likeness (QED) is 0.871. The molecule has 114 valence electrons. The fourth-order valence-electron chi connectivity index (χ4n) is 2.61. The Balaban J connectivity index is 1.85. The highest BCUT2D eigenvalue weighted by molar-refractivity contribution is 6.04. The fourth-order valence-corrected chi connectivity index (χ4v) is 2.61. The Labute approximate surface area is 129 Å². The Hall–Kier alpha value is -2.36. The van der Waals surface area contributed by atoms with Crippen molar-refractivity contribution in [3.05, 3.63) is 59.4 Å². The van der Waals surface area contributed by atoms with Crippen molar-refractivity contribution in [1.82, 2.24) is 0 Å². The van der Waals surface area contributed by atoms with E-state index < -0.39 is 6.04 Å². The van der Waals surface area contributed by atoms with Gasteiger partial charge in [0.2, 0.25) is 0 Å². The van der Waals surface area contributed by atoms with Gasteiger partial charge >= 0.3 is 0 Å². The molecule has 1 aliphatic heterocycles. The Kier molecular flexibility index (Phi) is 3.39. The van der Waals surface area contributed by atoms with Gasteiger partial charge in [-0.05, 0) is 41.3 Å². The highest BCUT2D eigenvalue weighted by Crippen LogP contribution is 2.34. The van der Waals surface area contributed by atoms with E-state index in [0.29, 0.717) is 11.3 Å². The first-order chi connectivity index (χ1) is 10.3. The van der Waals surface area contributed by atoms with E-state index in [-0.39, 0.29) is 17.1 Å². The fraction of sp³-hybridized carbons (Fsp3) is 0.278. The Morgan fingerprint density at radius 3 is 2.41 bits per heavy atom. The van der Waals surface area contributed by atoms with Crippen LogP contribution in [0, 0.1) is 5.82 Å². The van der Waals surface area contributed by atoms with Gasteiger partial charge in [0, 0.05) is 16.9 Å². The molecule has 0 aliphatic carbocycles. The number of carbonyl (C=O) groups is 1. The van der Waals surface area contributed by atoms with Crippen LogP contribution in [0.1, 0.15) is 37.9 Å². The number of amides is 1. The molecule has 3 nitrogen and oxygen atoms in total. The third-order valence-corrected chi connectivity index (χ3v) is 3.91. The normalized spacial score (nSPS) is 17.1. The summed E-state index contributed by atoms with van der Waals surface area (Å²) in [5, 5.41) is 5.94. The van der Waals surface area contributed by atoms with Crippen LogP contribution in [0.25, 0.3) is 0 Å². The van der Waals surface area contributed by atoms with E-state index in [9.17, 15) is 9.18 Å². The number of anilines is 2. The molecule has 1 amide bonds. The monoisotopic (exact) mass is 298 g/mol. The standard InChI is InChI=1S/C18H19FN2O/c1-18(2,3)11-4-7-13(8-5-11)20-16-14-10-12(19)6-9-15(14)21-17(16)22/h4-10,16,20H,1-3H3,(H,21,22). The Morgan fingerprint density at radius 1 is 1.09 bits per heavy atom. The molecule has 4 heteroatoms. The largest absolute Gasteiger partial charge is 0.370 e. The maximum Gasteiger partial charge on any atom is 0.251 e. The number of halogens is 1. The number of benzene rings is 2. The van der Waals surface area contributed by atoms with Crippen molar-refractivity contribution < 1.29 is 9.18 Å². The van der Waals surface area contributed by atoms with Crippen LogP contribution >= 0.6 is 0 Å². The summed E-state index contributed by atoms with van der Waals surface area (Å²) in [5.74, 6) is -0.509. The average molecular weight is 298 g/mol. The maximum atomic E-state index is 13.4. The predicted molar refractivity (Wildman–Crippen MR) is 86.5 cm³/mol. The van der Waals surface area contributed by atoms with Crippen molar-refractivity contribution in [2.75, 3.05) is 10.6 Å². The van der Waals surface area contributed by atoms with Crippen molar-refractivity contribution in [3.8, 4) is 0 Å². The van der Waals surface area contributed by atoms with Gasteiger partial charge in [-0.25, -0.2) is 4.39 Å². The van der Waals surface area contributed by atoms with Crippen LogP contribution in [0.15, 0.2) is 42.5 Å². The molecule has 0 saturated carbocycles. The summed E-state index contributed by atoms with van der Waals surface area (Å²) in [7, 11) is 0. The molecule has 0 fully saturated rings. The van der Waals surface area contributed by atoms with Crippen LogP contribution in [0.2, 0.25) is 0 Å². The second-order valence-corrected chi connectivity index (χ2v) is 6.63. The number of rotatable bonds is 2. The first-order valence-corrected chi connectivity index (χ1v) is 7.32. The zero-order valence-corrected chi connectivity index (χ0v) is 12.9.